The Bertz CT molecular complexity index is 497. The average Bonchev–Trinajstić information content (AvgIpc) is 2.50. The van der Waals surface area contributed by atoms with Crippen LogP contribution in [0, 0.1) is 0 Å². The Morgan fingerprint density at radius 2 is 2.11 bits per heavy atom. The number of sulfone groups is 1. The molecule has 1 aromatic rings. The smallest absolute Gasteiger partial charge is 0.152 e. The molecule has 0 spiro atoms. The molecule has 0 aliphatic carbocycles. The highest BCUT2D eigenvalue weighted by atomic mass is 32.2. The Morgan fingerprint density at radius 3 is 2.72 bits per heavy atom. The molecular weight excluding hydrogens is 252 g/mol. The maximum absolute atomic E-state index is 11.5. The van der Waals surface area contributed by atoms with E-state index in [0.717, 1.165) is 11.4 Å². The summed E-state index contributed by atoms with van der Waals surface area (Å²) in [5.74, 6) is 1.22. The van der Waals surface area contributed by atoms with Gasteiger partial charge in [0, 0.05) is 19.3 Å². The SMILES string of the molecule is CC(O)c1ccc(N2CCCS(=O)(=O)CC2)nc1. The quantitative estimate of drug-likeness (QED) is 0.859. The first kappa shape index (κ1) is 13.3. The lowest BCUT2D eigenvalue weighted by Gasteiger charge is -2.21. The molecule has 5 nitrogen and oxygen atoms in total. The normalized spacial score (nSPS) is 21.3. The maximum atomic E-state index is 11.5. The van der Waals surface area contributed by atoms with Crippen LogP contribution in [0.4, 0.5) is 5.82 Å². The summed E-state index contributed by atoms with van der Waals surface area (Å²) in [7, 11) is -2.89. The number of rotatable bonds is 2. The number of aliphatic hydroxyl groups excluding tert-OH is 1. The van der Waals surface area contributed by atoms with Gasteiger partial charge in [-0.25, -0.2) is 13.4 Å². The molecule has 1 aromatic heterocycles. The van der Waals surface area contributed by atoms with E-state index in [1.165, 1.54) is 0 Å². The minimum absolute atomic E-state index is 0.187. The molecule has 2 heterocycles. The molecule has 0 bridgehead atoms. The van der Waals surface area contributed by atoms with Crippen LogP contribution >= 0.6 is 0 Å². The Balaban J connectivity index is 2.12. The highest BCUT2D eigenvalue weighted by molar-refractivity contribution is 7.91. The topological polar surface area (TPSA) is 70.5 Å². The number of aliphatic hydroxyl groups is 1. The summed E-state index contributed by atoms with van der Waals surface area (Å²) in [4.78, 5) is 6.27. The second-order valence-corrected chi connectivity index (χ2v) is 6.92. The first-order chi connectivity index (χ1) is 8.48. The molecule has 1 aliphatic rings. The summed E-state index contributed by atoms with van der Waals surface area (Å²) in [6.45, 7) is 2.89. The van der Waals surface area contributed by atoms with Gasteiger partial charge in [-0.1, -0.05) is 6.07 Å². The van der Waals surface area contributed by atoms with Crippen LogP contribution in [0.15, 0.2) is 18.3 Å². The minimum atomic E-state index is -2.89. The van der Waals surface area contributed by atoms with Crippen LogP contribution in [0.5, 0.6) is 0 Å². The van der Waals surface area contributed by atoms with E-state index in [0.29, 0.717) is 19.5 Å². The van der Waals surface area contributed by atoms with Crippen molar-refractivity contribution in [3.05, 3.63) is 23.9 Å². The van der Waals surface area contributed by atoms with Crippen LogP contribution < -0.4 is 4.90 Å². The Labute approximate surface area is 107 Å². The molecule has 0 radical (unpaired) electrons. The van der Waals surface area contributed by atoms with Crippen molar-refractivity contribution in [2.24, 2.45) is 0 Å². The number of pyridine rings is 1. The van der Waals surface area contributed by atoms with E-state index in [4.69, 9.17) is 0 Å². The molecule has 1 saturated heterocycles. The summed E-state index contributed by atoms with van der Waals surface area (Å²) in [5.41, 5.74) is 0.765. The Hall–Kier alpha value is -1.14. The maximum Gasteiger partial charge on any atom is 0.152 e. The number of anilines is 1. The zero-order valence-corrected chi connectivity index (χ0v) is 11.2. The molecular formula is C12H18N2O3S. The molecule has 1 fully saturated rings. The first-order valence-corrected chi connectivity index (χ1v) is 7.89. The molecule has 1 unspecified atom stereocenters. The predicted molar refractivity (Wildman–Crippen MR) is 70.4 cm³/mol. The minimum Gasteiger partial charge on any atom is -0.389 e. The fourth-order valence-corrected chi connectivity index (χ4v) is 3.27. The first-order valence-electron chi connectivity index (χ1n) is 6.07. The molecule has 0 saturated carbocycles. The third-order valence-electron chi connectivity index (χ3n) is 3.13. The van der Waals surface area contributed by atoms with Gasteiger partial charge in [0.1, 0.15) is 5.82 Å². The molecule has 1 atom stereocenters. The summed E-state index contributed by atoms with van der Waals surface area (Å²) < 4.78 is 23.0. The van der Waals surface area contributed by atoms with Gasteiger partial charge in [-0.3, -0.25) is 0 Å². The highest BCUT2D eigenvalue weighted by Gasteiger charge is 2.19. The van der Waals surface area contributed by atoms with Gasteiger partial charge >= 0.3 is 0 Å². The fraction of sp³-hybridized carbons (Fsp3) is 0.583. The van der Waals surface area contributed by atoms with Gasteiger partial charge in [-0.15, -0.1) is 0 Å². The lowest BCUT2D eigenvalue weighted by Crippen LogP contribution is -2.27. The Morgan fingerprint density at radius 1 is 1.33 bits per heavy atom. The molecule has 100 valence electrons. The van der Waals surface area contributed by atoms with Gasteiger partial charge in [0.05, 0.1) is 17.6 Å². The molecule has 1 N–H and O–H groups in total. The Kier molecular flexibility index (Phi) is 3.87. The van der Waals surface area contributed by atoms with Crippen LogP contribution in [0.2, 0.25) is 0 Å². The second-order valence-electron chi connectivity index (χ2n) is 4.62. The number of nitrogens with zero attached hydrogens (tertiary/aromatic N) is 2. The molecule has 18 heavy (non-hydrogen) atoms. The third kappa shape index (κ3) is 3.20. The second kappa shape index (κ2) is 5.24. The van der Waals surface area contributed by atoms with Gasteiger partial charge in [0.25, 0.3) is 0 Å². The number of hydrogen-bond donors (Lipinski definition) is 1. The van der Waals surface area contributed by atoms with Crippen molar-refractivity contribution >= 4 is 15.7 Å². The average molecular weight is 270 g/mol. The van der Waals surface area contributed by atoms with E-state index in [1.54, 1.807) is 13.1 Å². The van der Waals surface area contributed by atoms with Crippen molar-refractivity contribution in [3.63, 3.8) is 0 Å². The molecule has 1 aliphatic heterocycles. The van der Waals surface area contributed by atoms with Crippen molar-refractivity contribution in [1.82, 2.24) is 4.98 Å². The monoisotopic (exact) mass is 270 g/mol. The fourth-order valence-electron chi connectivity index (χ4n) is 2.00. The zero-order chi connectivity index (χ0) is 13.2. The van der Waals surface area contributed by atoms with Crippen LogP contribution in [-0.2, 0) is 9.84 Å². The van der Waals surface area contributed by atoms with E-state index in [1.807, 2.05) is 17.0 Å². The van der Waals surface area contributed by atoms with Crippen molar-refractivity contribution in [3.8, 4) is 0 Å². The van der Waals surface area contributed by atoms with E-state index in [2.05, 4.69) is 4.98 Å². The van der Waals surface area contributed by atoms with Crippen LogP contribution in [0.25, 0.3) is 0 Å². The summed E-state index contributed by atoms with van der Waals surface area (Å²) in [6, 6.07) is 3.66. The van der Waals surface area contributed by atoms with Gasteiger partial charge in [-0.05, 0) is 25.0 Å². The third-order valence-corrected chi connectivity index (χ3v) is 4.85. The number of hydrogen-bond acceptors (Lipinski definition) is 5. The van der Waals surface area contributed by atoms with E-state index >= 15 is 0 Å². The molecule has 0 amide bonds. The summed E-state index contributed by atoms with van der Waals surface area (Å²) in [6.07, 6.45) is 1.75. The summed E-state index contributed by atoms with van der Waals surface area (Å²) >= 11 is 0. The molecule has 0 aromatic carbocycles. The number of aromatic nitrogens is 1. The molecule has 6 heteroatoms. The van der Waals surface area contributed by atoms with Crippen molar-refractivity contribution in [2.45, 2.75) is 19.4 Å². The zero-order valence-electron chi connectivity index (χ0n) is 10.4. The van der Waals surface area contributed by atoms with Crippen LogP contribution in [0.3, 0.4) is 0 Å². The summed E-state index contributed by atoms with van der Waals surface area (Å²) in [5, 5.41) is 9.41. The molecule has 2 rings (SSSR count). The van der Waals surface area contributed by atoms with Crippen molar-refractivity contribution < 1.29 is 13.5 Å². The van der Waals surface area contributed by atoms with E-state index < -0.39 is 15.9 Å². The van der Waals surface area contributed by atoms with Gasteiger partial charge in [-0.2, -0.15) is 0 Å². The highest BCUT2D eigenvalue weighted by Crippen LogP contribution is 2.17. The predicted octanol–water partition coefficient (Wildman–Crippen LogP) is 0.760. The lowest BCUT2D eigenvalue weighted by atomic mass is 10.2. The van der Waals surface area contributed by atoms with Crippen molar-refractivity contribution in [1.29, 1.82) is 0 Å². The van der Waals surface area contributed by atoms with Crippen molar-refractivity contribution in [2.75, 3.05) is 29.5 Å². The van der Waals surface area contributed by atoms with Crippen LogP contribution in [-0.4, -0.2) is 43.1 Å². The lowest BCUT2D eigenvalue weighted by molar-refractivity contribution is 0.199. The largest absolute Gasteiger partial charge is 0.389 e. The van der Waals surface area contributed by atoms with E-state index in [9.17, 15) is 13.5 Å². The van der Waals surface area contributed by atoms with E-state index in [-0.39, 0.29) is 11.5 Å². The van der Waals surface area contributed by atoms with Gasteiger partial charge in [0.2, 0.25) is 0 Å². The van der Waals surface area contributed by atoms with Gasteiger partial charge < -0.3 is 10.0 Å². The van der Waals surface area contributed by atoms with Gasteiger partial charge in [0.15, 0.2) is 9.84 Å². The standard InChI is InChI=1S/C12H18N2O3S/c1-10(15)11-3-4-12(13-9-11)14-5-2-7-18(16,17)8-6-14/h3-4,9-10,15H,2,5-8H2,1H3. The van der Waals surface area contributed by atoms with Crippen LogP contribution in [0.1, 0.15) is 25.0 Å².